The first kappa shape index (κ1) is 24.6. The molecule has 0 aliphatic heterocycles. The number of carbonyl (C=O) groups is 2. The summed E-state index contributed by atoms with van der Waals surface area (Å²) in [5.41, 5.74) is 1.60. The number of anilines is 1. The topological polar surface area (TPSA) is 90.5 Å². The number of benzene rings is 2. The van der Waals surface area contributed by atoms with Crippen molar-refractivity contribution >= 4 is 17.5 Å². The average molecular weight is 426 g/mol. The Bertz CT molecular complexity index is 809. The van der Waals surface area contributed by atoms with Crippen LogP contribution < -0.4 is 16.0 Å². The second kappa shape index (κ2) is 12.2. The molecule has 2 aromatic carbocycles. The Morgan fingerprint density at radius 2 is 1.45 bits per heavy atom. The highest BCUT2D eigenvalue weighted by atomic mass is 16.3. The number of rotatable bonds is 11. The van der Waals surface area contributed by atoms with Gasteiger partial charge in [-0.15, -0.1) is 0 Å². The van der Waals surface area contributed by atoms with E-state index >= 15 is 0 Å². The second-order valence-corrected chi connectivity index (χ2v) is 8.58. The Hall–Kier alpha value is -2.70. The lowest BCUT2D eigenvalue weighted by Crippen LogP contribution is -2.54. The van der Waals surface area contributed by atoms with E-state index in [0.29, 0.717) is 12.1 Å². The van der Waals surface area contributed by atoms with E-state index in [1.165, 1.54) is 0 Å². The number of aliphatic hydroxyl groups is 1. The molecule has 0 radical (unpaired) electrons. The van der Waals surface area contributed by atoms with Crippen LogP contribution in [0.15, 0.2) is 60.7 Å². The predicted octanol–water partition coefficient (Wildman–Crippen LogP) is 3.50. The summed E-state index contributed by atoms with van der Waals surface area (Å²) in [6.07, 6.45) is 0.525. The summed E-state index contributed by atoms with van der Waals surface area (Å²) in [4.78, 5) is 26.1. The molecule has 2 aromatic rings. The standard InChI is InChI=1S/C25H35N3O3/c1-17(2)15-21(24(30)26-20-13-9-6-10-14-20)28-25(31)23(18(3)4)27-22(16-29)19-11-7-5-8-12-19/h5-14,17-18,21-23,27,29H,15-16H2,1-4H3,(H,26,30)(H,28,31)/t21-,22-,23-/m0/s1. The van der Waals surface area contributed by atoms with Crippen molar-refractivity contribution in [2.75, 3.05) is 11.9 Å². The third-order valence-electron chi connectivity index (χ3n) is 5.10. The van der Waals surface area contributed by atoms with Crippen LogP contribution in [0.5, 0.6) is 0 Å². The minimum atomic E-state index is -0.653. The second-order valence-electron chi connectivity index (χ2n) is 8.58. The molecular weight excluding hydrogens is 390 g/mol. The summed E-state index contributed by atoms with van der Waals surface area (Å²) >= 11 is 0. The van der Waals surface area contributed by atoms with Gasteiger partial charge in [0.1, 0.15) is 6.04 Å². The quantitative estimate of drug-likeness (QED) is 0.444. The molecule has 31 heavy (non-hydrogen) atoms. The van der Waals surface area contributed by atoms with E-state index < -0.39 is 12.1 Å². The zero-order valence-corrected chi connectivity index (χ0v) is 18.8. The van der Waals surface area contributed by atoms with Crippen LogP contribution >= 0.6 is 0 Å². The average Bonchev–Trinajstić information content (AvgIpc) is 2.74. The van der Waals surface area contributed by atoms with E-state index in [4.69, 9.17) is 0 Å². The van der Waals surface area contributed by atoms with Gasteiger partial charge >= 0.3 is 0 Å². The first-order valence-electron chi connectivity index (χ1n) is 10.9. The predicted molar refractivity (Wildman–Crippen MR) is 124 cm³/mol. The molecule has 2 rings (SSSR count). The van der Waals surface area contributed by atoms with Gasteiger partial charge in [-0.25, -0.2) is 0 Å². The van der Waals surface area contributed by atoms with Crippen LogP contribution in [0.1, 0.15) is 45.7 Å². The maximum absolute atomic E-state index is 13.2. The van der Waals surface area contributed by atoms with Gasteiger partial charge < -0.3 is 15.7 Å². The lowest BCUT2D eigenvalue weighted by atomic mass is 9.98. The molecule has 4 N–H and O–H groups in total. The number of aliphatic hydroxyl groups excluding tert-OH is 1. The largest absolute Gasteiger partial charge is 0.394 e. The van der Waals surface area contributed by atoms with Crippen LogP contribution in [0.4, 0.5) is 5.69 Å². The normalized spacial score (nSPS) is 14.2. The summed E-state index contributed by atoms with van der Waals surface area (Å²) in [6, 6.07) is 17.2. The number of para-hydroxylation sites is 1. The van der Waals surface area contributed by atoms with Gasteiger partial charge in [0.2, 0.25) is 11.8 Å². The fourth-order valence-corrected chi connectivity index (χ4v) is 3.44. The third kappa shape index (κ3) is 7.81. The van der Waals surface area contributed by atoms with E-state index in [1.807, 2.05) is 88.4 Å². The first-order chi connectivity index (χ1) is 14.8. The molecule has 0 fully saturated rings. The zero-order chi connectivity index (χ0) is 22.8. The van der Waals surface area contributed by atoms with Crippen molar-refractivity contribution in [3.63, 3.8) is 0 Å². The molecule has 2 amide bonds. The van der Waals surface area contributed by atoms with Crippen molar-refractivity contribution < 1.29 is 14.7 Å². The molecular formula is C25H35N3O3. The highest BCUT2D eigenvalue weighted by molar-refractivity contribution is 5.97. The van der Waals surface area contributed by atoms with E-state index in [0.717, 1.165) is 5.56 Å². The Kier molecular flexibility index (Phi) is 9.69. The van der Waals surface area contributed by atoms with Gasteiger partial charge in [0.15, 0.2) is 0 Å². The van der Waals surface area contributed by atoms with Crippen LogP contribution in [-0.4, -0.2) is 35.6 Å². The molecule has 0 unspecified atom stereocenters. The van der Waals surface area contributed by atoms with Crippen molar-refractivity contribution in [1.82, 2.24) is 10.6 Å². The number of amides is 2. The Balaban J connectivity index is 2.13. The van der Waals surface area contributed by atoms with E-state index in [-0.39, 0.29) is 36.3 Å². The Morgan fingerprint density at radius 3 is 1.97 bits per heavy atom. The molecule has 0 saturated heterocycles. The third-order valence-corrected chi connectivity index (χ3v) is 5.10. The molecule has 0 heterocycles. The number of hydrogen-bond donors (Lipinski definition) is 4. The molecule has 6 heteroatoms. The fraction of sp³-hybridized carbons (Fsp3) is 0.440. The van der Waals surface area contributed by atoms with Crippen molar-refractivity contribution in [1.29, 1.82) is 0 Å². The highest BCUT2D eigenvalue weighted by Crippen LogP contribution is 2.16. The molecule has 0 saturated carbocycles. The Labute approximate surface area is 185 Å². The molecule has 0 spiro atoms. The van der Waals surface area contributed by atoms with Gasteiger partial charge in [-0.1, -0.05) is 76.2 Å². The van der Waals surface area contributed by atoms with Gasteiger partial charge in [0.05, 0.1) is 18.7 Å². The molecule has 0 aromatic heterocycles. The lowest BCUT2D eigenvalue weighted by molar-refractivity contribution is -0.129. The molecule has 3 atom stereocenters. The fourth-order valence-electron chi connectivity index (χ4n) is 3.44. The van der Waals surface area contributed by atoms with Crippen molar-refractivity contribution in [2.24, 2.45) is 11.8 Å². The van der Waals surface area contributed by atoms with Crippen LogP contribution in [0, 0.1) is 11.8 Å². The number of nitrogens with one attached hydrogen (secondary N) is 3. The SMILES string of the molecule is CC(C)C[C@H](NC(=O)[C@@H](N[C@@H](CO)c1ccccc1)C(C)C)C(=O)Nc1ccccc1. The van der Waals surface area contributed by atoms with E-state index in [9.17, 15) is 14.7 Å². The molecule has 0 bridgehead atoms. The van der Waals surface area contributed by atoms with Crippen molar-refractivity contribution in [3.05, 3.63) is 66.2 Å². The van der Waals surface area contributed by atoms with E-state index in [2.05, 4.69) is 16.0 Å². The first-order valence-corrected chi connectivity index (χ1v) is 10.9. The van der Waals surface area contributed by atoms with Gasteiger partial charge in [-0.2, -0.15) is 0 Å². The van der Waals surface area contributed by atoms with Crippen LogP contribution in [0.2, 0.25) is 0 Å². The van der Waals surface area contributed by atoms with Crippen LogP contribution in [0.3, 0.4) is 0 Å². The lowest BCUT2D eigenvalue weighted by Gasteiger charge is -2.29. The molecule has 6 nitrogen and oxygen atoms in total. The molecule has 0 aliphatic rings. The minimum absolute atomic E-state index is 0.0327. The van der Waals surface area contributed by atoms with Crippen molar-refractivity contribution in [3.8, 4) is 0 Å². The van der Waals surface area contributed by atoms with Crippen molar-refractivity contribution in [2.45, 2.75) is 52.2 Å². The van der Waals surface area contributed by atoms with Gasteiger partial charge in [-0.05, 0) is 36.0 Å². The monoisotopic (exact) mass is 425 g/mol. The van der Waals surface area contributed by atoms with Crippen LogP contribution in [-0.2, 0) is 9.59 Å². The van der Waals surface area contributed by atoms with Gasteiger partial charge in [0.25, 0.3) is 0 Å². The summed E-state index contributed by atoms with van der Waals surface area (Å²) in [5, 5.41) is 19.0. The Morgan fingerprint density at radius 1 is 0.871 bits per heavy atom. The maximum Gasteiger partial charge on any atom is 0.246 e. The van der Waals surface area contributed by atoms with Crippen LogP contribution in [0.25, 0.3) is 0 Å². The molecule has 168 valence electrons. The molecule has 0 aliphatic carbocycles. The summed E-state index contributed by atoms with van der Waals surface area (Å²) in [7, 11) is 0. The zero-order valence-electron chi connectivity index (χ0n) is 18.8. The number of hydrogen-bond acceptors (Lipinski definition) is 4. The van der Waals surface area contributed by atoms with Gasteiger partial charge in [-0.3, -0.25) is 14.9 Å². The van der Waals surface area contributed by atoms with E-state index in [1.54, 1.807) is 0 Å². The van der Waals surface area contributed by atoms with Gasteiger partial charge in [0, 0.05) is 5.69 Å². The summed E-state index contributed by atoms with van der Waals surface area (Å²) in [5.74, 6) is -0.294. The maximum atomic E-state index is 13.2. The number of carbonyl (C=O) groups excluding carboxylic acids is 2. The highest BCUT2D eigenvalue weighted by Gasteiger charge is 2.30. The summed E-state index contributed by atoms with van der Waals surface area (Å²) < 4.78 is 0. The summed E-state index contributed by atoms with van der Waals surface area (Å²) in [6.45, 7) is 7.79. The smallest absolute Gasteiger partial charge is 0.246 e. The minimum Gasteiger partial charge on any atom is -0.394 e.